The summed E-state index contributed by atoms with van der Waals surface area (Å²) in [4.78, 5) is 21.4. The van der Waals surface area contributed by atoms with E-state index in [-0.39, 0.29) is 11.6 Å². The fraction of sp³-hybridized carbons (Fsp3) is 0.407. The molecule has 36 heavy (non-hydrogen) atoms. The molecule has 0 amide bonds. The molecule has 0 radical (unpaired) electrons. The molecule has 0 aliphatic carbocycles. The standard InChI is InChI=1S/C27H33N7O2/c1-19-15-20(2)22-17-23(27(35)28-24(22)16-19)25(26-29-30-31-34(26)13-14-36-3)33-11-9-32(10-12-33)18-21-7-5-4-6-8-21/h4-8,15-17,25H,9-14,18H2,1-3H3,(H,28,35). The largest absolute Gasteiger partial charge is 0.383 e. The maximum absolute atomic E-state index is 13.5. The van der Waals surface area contributed by atoms with Crippen LogP contribution in [0.15, 0.2) is 53.3 Å². The van der Waals surface area contributed by atoms with Crippen molar-refractivity contribution in [3.8, 4) is 0 Å². The number of piperazine rings is 1. The molecule has 1 saturated heterocycles. The van der Waals surface area contributed by atoms with Crippen LogP contribution in [0.1, 0.15) is 34.1 Å². The van der Waals surface area contributed by atoms with Crippen LogP contribution in [-0.4, -0.2) is 74.9 Å². The number of fused-ring (bicyclic) bond motifs is 1. The molecule has 1 N–H and O–H groups in total. The predicted octanol–water partition coefficient (Wildman–Crippen LogP) is 2.69. The van der Waals surface area contributed by atoms with E-state index in [0.717, 1.165) is 54.8 Å². The molecule has 2 aromatic heterocycles. The molecule has 1 aliphatic heterocycles. The first-order valence-corrected chi connectivity index (χ1v) is 12.4. The van der Waals surface area contributed by atoms with Gasteiger partial charge in [-0.1, -0.05) is 36.4 Å². The third-order valence-electron chi connectivity index (χ3n) is 6.97. The second-order valence-electron chi connectivity index (χ2n) is 9.55. The summed E-state index contributed by atoms with van der Waals surface area (Å²) in [6, 6.07) is 16.4. The minimum absolute atomic E-state index is 0.106. The first-order valence-electron chi connectivity index (χ1n) is 12.4. The number of pyridine rings is 1. The third kappa shape index (κ3) is 5.09. The molecule has 1 unspecified atom stereocenters. The van der Waals surface area contributed by atoms with Gasteiger partial charge in [0.1, 0.15) is 6.04 Å². The van der Waals surface area contributed by atoms with E-state index >= 15 is 0 Å². The summed E-state index contributed by atoms with van der Waals surface area (Å²) in [5, 5.41) is 13.6. The Labute approximate surface area is 210 Å². The highest BCUT2D eigenvalue weighted by Gasteiger charge is 2.32. The lowest BCUT2D eigenvalue weighted by Crippen LogP contribution is -2.48. The minimum atomic E-state index is -0.357. The molecular weight excluding hydrogens is 454 g/mol. The quantitative estimate of drug-likeness (QED) is 0.409. The number of tetrazole rings is 1. The van der Waals surface area contributed by atoms with Crippen molar-refractivity contribution in [2.75, 3.05) is 39.9 Å². The van der Waals surface area contributed by atoms with E-state index in [1.807, 2.05) is 25.1 Å². The molecule has 9 heteroatoms. The number of aromatic amines is 1. The summed E-state index contributed by atoms with van der Waals surface area (Å²) < 4.78 is 7.04. The van der Waals surface area contributed by atoms with Crippen LogP contribution in [0.5, 0.6) is 0 Å². The van der Waals surface area contributed by atoms with Crippen LogP contribution >= 0.6 is 0 Å². The molecule has 0 bridgehead atoms. The van der Waals surface area contributed by atoms with Crippen molar-refractivity contribution >= 4 is 10.9 Å². The van der Waals surface area contributed by atoms with Gasteiger partial charge in [-0.2, -0.15) is 0 Å². The number of methoxy groups -OCH3 is 1. The van der Waals surface area contributed by atoms with Gasteiger partial charge in [-0.05, 0) is 53.1 Å². The molecule has 188 valence electrons. The smallest absolute Gasteiger partial charge is 0.253 e. The number of ether oxygens (including phenoxy) is 1. The highest BCUT2D eigenvalue weighted by atomic mass is 16.5. The average Bonchev–Trinajstić information content (AvgIpc) is 3.33. The molecule has 2 aromatic carbocycles. The normalized spacial score (nSPS) is 16.0. The van der Waals surface area contributed by atoms with Crippen LogP contribution in [-0.2, 0) is 17.8 Å². The monoisotopic (exact) mass is 487 g/mol. The minimum Gasteiger partial charge on any atom is -0.383 e. The maximum Gasteiger partial charge on any atom is 0.253 e. The van der Waals surface area contributed by atoms with Gasteiger partial charge < -0.3 is 9.72 Å². The van der Waals surface area contributed by atoms with Crippen LogP contribution in [0.2, 0.25) is 0 Å². The lowest BCUT2D eigenvalue weighted by atomic mass is 9.99. The van der Waals surface area contributed by atoms with E-state index in [4.69, 9.17) is 4.74 Å². The predicted molar refractivity (Wildman–Crippen MR) is 139 cm³/mol. The van der Waals surface area contributed by atoms with Gasteiger partial charge >= 0.3 is 0 Å². The molecule has 5 rings (SSSR count). The number of nitrogens with zero attached hydrogens (tertiary/aromatic N) is 6. The number of benzene rings is 2. The Kier molecular flexibility index (Phi) is 7.22. The van der Waals surface area contributed by atoms with Gasteiger partial charge in [0.15, 0.2) is 5.82 Å². The van der Waals surface area contributed by atoms with E-state index in [0.29, 0.717) is 24.5 Å². The van der Waals surface area contributed by atoms with E-state index in [1.54, 1.807) is 11.8 Å². The van der Waals surface area contributed by atoms with Gasteiger partial charge in [0.05, 0.1) is 13.2 Å². The first kappa shape index (κ1) is 24.3. The lowest BCUT2D eigenvalue weighted by Gasteiger charge is -2.38. The third-order valence-corrected chi connectivity index (χ3v) is 6.97. The Balaban J connectivity index is 1.49. The summed E-state index contributed by atoms with van der Waals surface area (Å²) in [6.07, 6.45) is 0. The highest BCUT2D eigenvalue weighted by Crippen LogP contribution is 2.29. The summed E-state index contributed by atoms with van der Waals surface area (Å²) in [6.45, 7) is 9.45. The van der Waals surface area contributed by atoms with Crippen LogP contribution in [0.4, 0.5) is 0 Å². The Morgan fingerprint density at radius 3 is 2.58 bits per heavy atom. The van der Waals surface area contributed by atoms with Gasteiger partial charge in [0.2, 0.25) is 0 Å². The fourth-order valence-electron chi connectivity index (χ4n) is 5.16. The second-order valence-corrected chi connectivity index (χ2v) is 9.55. The van der Waals surface area contributed by atoms with Crippen LogP contribution in [0, 0.1) is 13.8 Å². The number of rotatable bonds is 8. The van der Waals surface area contributed by atoms with Gasteiger partial charge in [-0.25, -0.2) is 4.68 Å². The van der Waals surface area contributed by atoms with Crippen molar-refractivity contribution in [2.24, 2.45) is 0 Å². The van der Waals surface area contributed by atoms with Crippen molar-refractivity contribution in [1.82, 2.24) is 35.0 Å². The highest BCUT2D eigenvalue weighted by molar-refractivity contribution is 5.83. The zero-order valence-electron chi connectivity index (χ0n) is 21.1. The number of H-pyrrole nitrogens is 1. The number of aromatic nitrogens is 5. The zero-order valence-corrected chi connectivity index (χ0v) is 21.1. The Hall–Kier alpha value is -3.40. The number of nitrogens with one attached hydrogen (secondary N) is 1. The van der Waals surface area contributed by atoms with Crippen molar-refractivity contribution < 1.29 is 4.74 Å². The molecule has 1 atom stereocenters. The molecule has 3 heterocycles. The van der Waals surface area contributed by atoms with Gasteiger partial charge in [0, 0.05) is 56.3 Å². The summed E-state index contributed by atoms with van der Waals surface area (Å²) >= 11 is 0. The van der Waals surface area contributed by atoms with Crippen molar-refractivity contribution in [3.63, 3.8) is 0 Å². The topological polar surface area (TPSA) is 92.2 Å². The van der Waals surface area contributed by atoms with Crippen molar-refractivity contribution in [3.05, 3.63) is 87.0 Å². The molecule has 0 saturated carbocycles. The maximum atomic E-state index is 13.5. The van der Waals surface area contributed by atoms with Gasteiger partial charge in [0.25, 0.3) is 5.56 Å². The van der Waals surface area contributed by atoms with Gasteiger partial charge in [-0.3, -0.25) is 14.6 Å². The Morgan fingerprint density at radius 1 is 1.06 bits per heavy atom. The molecule has 9 nitrogen and oxygen atoms in total. The molecule has 4 aromatic rings. The van der Waals surface area contributed by atoms with E-state index < -0.39 is 0 Å². The number of hydrogen-bond acceptors (Lipinski definition) is 7. The van der Waals surface area contributed by atoms with Crippen molar-refractivity contribution in [2.45, 2.75) is 33.0 Å². The number of aryl methyl sites for hydroxylation is 2. The van der Waals surface area contributed by atoms with E-state index in [1.165, 1.54) is 5.56 Å². The molecular formula is C27H33N7O2. The summed E-state index contributed by atoms with van der Waals surface area (Å²) in [5.74, 6) is 0.665. The van der Waals surface area contributed by atoms with Gasteiger partial charge in [-0.15, -0.1) is 5.10 Å². The lowest BCUT2D eigenvalue weighted by molar-refractivity contribution is 0.0984. The fourth-order valence-corrected chi connectivity index (χ4v) is 5.16. The van der Waals surface area contributed by atoms with Crippen LogP contribution < -0.4 is 5.56 Å². The summed E-state index contributed by atoms with van der Waals surface area (Å²) in [7, 11) is 1.66. The zero-order chi connectivity index (χ0) is 25.1. The van der Waals surface area contributed by atoms with Crippen molar-refractivity contribution in [1.29, 1.82) is 0 Å². The van der Waals surface area contributed by atoms with Crippen LogP contribution in [0.25, 0.3) is 10.9 Å². The molecule has 1 fully saturated rings. The van der Waals surface area contributed by atoms with E-state index in [2.05, 4.69) is 67.6 Å². The van der Waals surface area contributed by atoms with E-state index in [9.17, 15) is 4.79 Å². The Bertz CT molecular complexity index is 1370. The molecule has 0 spiro atoms. The van der Waals surface area contributed by atoms with Crippen LogP contribution in [0.3, 0.4) is 0 Å². The SMILES string of the molecule is COCCn1nnnc1C(c1cc2c(C)cc(C)cc2[nH]c1=O)N1CCN(Cc2ccccc2)CC1. The number of hydrogen-bond donors (Lipinski definition) is 1. The second kappa shape index (κ2) is 10.7. The molecule has 1 aliphatic rings. The summed E-state index contributed by atoms with van der Waals surface area (Å²) in [5.41, 5.74) is 4.98. The first-order chi connectivity index (χ1) is 17.5. The Morgan fingerprint density at radius 2 is 1.83 bits per heavy atom. The average molecular weight is 488 g/mol.